The molecule has 0 aromatic heterocycles. The predicted molar refractivity (Wildman–Crippen MR) is 92.4 cm³/mol. The van der Waals surface area contributed by atoms with Gasteiger partial charge < -0.3 is 10.6 Å². The zero-order chi connectivity index (χ0) is 15.9. The van der Waals surface area contributed by atoms with E-state index in [0.717, 1.165) is 45.2 Å². The highest BCUT2D eigenvalue weighted by Crippen LogP contribution is 2.09. The van der Waals surface area contributed by atoms with E-state index in [1.165, 1.54) is 38.5 Å². The second kappa shape index (κ2) is 14.4. The van der Waals surface area contributed by atoms with Gasteiger partial charge >= 0.3 is 0 Å². The van der Waals surface area contributed by atoms with Crippen molar-refractivity contribution >= 4 is 5.91 Å². The molecule has 0 bridgehead atoms. The smallest absolute Gasteiger partial charge is 0.239 e. The summed E-state index contributed by atoms with van der Waals surface area (Å²) in [6.07, 6.45) is 12.7. The monoisotopic (exact) mass is 298 g/mol. The summed E-state index contributed by atoms with van der Waals surface area (Å²) in [4.78, 5) is 14.5. The second-order valence-electron chi connectivity index (χ2n) is 6.20. The summed E-state index contributed by atoms with van der Waals surface area (Å²) in [6.45, 7) is 8.36. The largest absolute Gasteiger partial charge is 0.341 e. The average molecular weight is 299 g/mol. The van der Waals surface area contributed by atoms with Gasteiger partial charge in [-0.3, -0.25) is 4.79 Å². The van der Waals surface area contributed by atoms with Crippen molar-refractivity contribution in [3.05, 3.63) is 0 Å². The summed E-state index contributed by atoms with van der Waals surface area (Å²) in [6, 6.07) is -0.290. The lowest BCUT2D eigenvalue weighted by atomic mass is 10.1. The maximum atomic E-state index is 12.5. The van der Waals surface area contributed by atoms with E-state index >= 15 is 0 Å². The number of nitrogens with two attached hydrogens (primary N) is 1. The molecule has 0 aromatic rings. The van der Waals surface area contributed by atoms with Crippen LogP contribution in [0.5, 0.6) is 0 Å². The zero-order valence-corrected chi connectivity index (χ0v) is 14.7. The van der Waals surface area contributed by atoms with E-state index in [2.05, 4.69) is 20.8 Å². The first-order valence-electron chi connectivity index (χ1n) is 9.21. The molecule has 0 heterocycles. The lowest BCUT2D eigenvalue weighted by Crippen LogP contribution is -2.44. The van der Waals surface area contributed by atoms with Crippen LogP contribution in [0.4, 0.5) is 0 Å². The Bertz CT molecular complexity index is 231. The van der Waals surface area contributed by atoms with Gasteiger partial charge in [-0.25, -0.2) is 0 Å². The molecule has 0 aromatic carbocycles. The number of nitrogens with zero attached hydrogens (tertiary/aromatic N) is 1. The third-order valence-electron chi connectivity index (χ3n) is 4.06. The van der Waals surface area contributed by atoms with Gasteiger partial charge in [0.05, 0.1) is 6.04 Å². The first kappa shape index (κ1) is 20.4. The van der Waals surface area contributed by atoms with E-state index in [9.17, 15) is 4.79 Å². The van der Waals surface area contributed by atoms with Gasteiger partial charge in [0, 0.05) is 13.1 Å². The maximum Gasteiger partial charge on any atom is 0.239 e. The first-order chi connectivity index (χ1) is 10.2. The van der Waals surface area contributed by atoms with Crippen molar-refractivity contribution in [3.63, 3.8) is 0 Å². The van der Waals surface area contributed by atoms with Gasteiger partial charge in [-0.15, -0.1) is 0 Å². The van der Waals surface area contributed by atoms with Gasteiger partial charge in [0.25, 0.3) is 0 Å². The lowest BCUT2D eigenvalue weighted by Gasteiger charge is -2.26. The fourth-order valence-corrected chi connectivity index (χ4v) is 2.57. The average Bonchev–Trinajstić information content (AvgIpc) is 2.50. The summed E-state index contributed by atoms with van der Waals surface area (Å²) in [7, 11) is 0. The molecule has 21 heavy (non-hydrogen) atoms. The second-order valence-corrected chi connectivity index (χ2v) is 6.20. The molecule has 3 heteroatoms. The molecule has 0 spiro atoms. The third kappa shape index (κ3) is 10.8. The van der Waals surface area contributed by atoms with Crippen LogP contribution in [-0.4, -0.2) is 29.9 Å². The van der Waals surface area contributed by atoms with Crippen LogP contribution in [0.1, 0.15) is 91.4 Å². The van der Waals surface area contributed by atoms with Crippen molar-refractivity contribution in [2.75, 3.05) is 13.1 Å². The molecule has 0 radical (unpaired) electrons. The van der Waals surface area contributed by atoms with Crippen LogP contribution in [0, 0.1) is 0 Å². The van der Waals surface area contributed by atoms with Crippen molar-refractivity contribution in [2.24, 2.45) is 5.73 Å². The van der Waals surface area contributed by atoms with Gasteiger partial charge in [-0.1, -0.05) is 72.1 Å². The number of hydrogen-bond donors (Lipinski definition) is 1. The van der Waals surface area contributed by atoms with Crippen LogP contribution in [0.2, 0.25) is 0 Å². The topological polar surface area (TPSA) is 46.3 Å². The summed E-state index contributed by atoms with van der Waals surface area (Å²) in [5.74, 6) is 0.177. The van der Waals surface area contributed by atoms with Gasteiger partial charge in [0.15, 0.2) is 0 Å². The highest BCUT2D eigenvalue weighted by molar-refractivity contribution is 5.81. The predicted octanol–water partition coefficient (Wildman–Crippen LogP) is 4.49. The van der Waals surface area contributed by atoms with Crippen molar-refractivity contribution < 1.29 is 4.79 Å². The Labute approximate surface area is 132 Å². The molecule has 0 rings (SSSR count). The van der Waals surface area contributed by atoms with Crippen LogP contribution < -0.4 is 5.73 Å². The Balaban J connectivity index is 4.22. The van der Waals surface area contributed by atoms with E-state index in [1.54, 1.807) is 0 Å². The number of rotatable bonds is 14. The Morgan fingerprint density at radius 3 is 1.71 bits per heavy atom. The number of hydrogen-bond acceptors (Lipinski definition) is 2. The highest BCUT2D eigenvalue weighted by atomic mass is 16.2. The van der Waals surface area contributed by atoms with E-state index in [4.69, 9.17) is 5.73 Å². The molecular formula is C18H38N2O. The molecule has 3 nitrogen and oxygen atoms in total. The minimum absolute atomic E-state index is 0.177. The van der Waals surface area contributed by atoms with Gasteiger partial charge in [-0.2, -0.15) is 0 Å². The molecule has 0 aliphatic rings. The molecule has 0 saturated heterocycles. The van der Waals surface area contributed by atoms with Gasteiger partial charge in [-0.05, 0) is 19.3 Å². The quantitative estimate of drug-likeness (QED) is 0.480. The zero-order valence-electron chi connectivity index (χ0n) is 14.7. The minimum atomic E-state index is -0.290. The molecule has 126 valence electrons. The van der Waals surface area contributed by atoms with E-state index < -0.39 is 0 Å². The number of carbonyl (C=O) groups is 1. The number of amides is 1. The summed E-state index contributed by atoms with van der Waals surface area (Å²) >= 11 is 0. The lowest BCUT2D eigenvalue weighted by molar-refractivity contribution is -0.133. The number of carbonyl (C=O) groups excluding carboxylic acids is 1. The normalized spacial score (nSPS) is 12.4. The van der Waals surface area contributed by atoms with Crippen molar-refractivity contribution in [2.45, 2.75) is 97.4 Å². The summed E-state index contributed by atoms with van der Waals surface area (Å²) in [5, 5.41) is 0. The first-order valence-corrected chi connectivity index (χ1v) is 9.21. The molecular weight excluding hydrogens is 260 g/mol. The number of unbranched alkanes of at least 4 members (excludes halogenated alkanes) is 7. The molecule has 0 aliphatic heterocycles. The molecule has 0 aliphatic carbocycles. The summed E-state index contributed by atoms with van der Waals surface area (Å²) in [5.41, 5.74) is 6.07. The molecule has 1 amide bonds. The molecule has 0 saturated carbocycles. The Morgan fingerprint density at radius 2 is 1.29 bits per heavy atom. The Morgan fingerprint density at radius 1 is 0.810 bits per heavy atom. The van der Waals surface area contributed by atoms with Gasteiger partial charge in [0.2, 0.25) is 5.91 Å². The van der Waals surface area contributed by atoms with Crippen molar-refractivity contribution in [1.29, 1.82) is 0 Å². The van der Waals surface area contributed by atoms with Crippen LogP contribution in [0.15, 0.2) is 0 Å². The van der Waals surface area contributed by atoms with E-state index in [-0.39, 0.29) is 11.9 Å². The standard InChI is InChI=1S/C18H38N2O/c1-4-7-10-12-15-20(16-13-11-8-5-2)18(21)17(19)14-9-6-3/h17H,4-16,19H2,1-3H3. The maximum absolute atomic E-state index is 12.5. The summed E-state index contributed by atoms with van der Waals surface area (Å²) < 4.78 is 0. The van der Waals surface area contributed by atoms with Crippen LogP contribution in [-0.2, 0) is 4.79 Å². The van der Waals surface area contributed by atoms with Crippen molar-refractivity contribution in [1.82, 2.24) is 4.90 Å². The van der Waals surface area contributed by atoms with Crippen LogP contribution in [0.3, 0.4) is 0 Å². The fraction of sp³-hybridized carbons (Fsp3) is 0.944. The van der Waals surface area contributed by atoms with Crippen molar-refractivity contribution in [3.8, 4) is 0 Å². The van der Waals surface area contributed by atoms with Crippen LogP contribution >= 0.6 is 0 Å². The van der Waals surface area contributed by atoms with Gasteiger partial charge in [0.1, 0.15) is 0 Å². The third-order valence-corrected chi connectivity index (χ3v) is 4.06. The molecule has 1 unspecified atom stereocenters. The Kier molecular flexibility index (Phi) is 14.0. The Hall–Kier alpha value is -0.570. The molecule has 2 N–H and O–H groups in total. The SMILES string of the molecule is CCCCCCN(CCCCCC)C(=O)C(N)CCCC. The molecule has 1 atom stereocenters. The fourth-order valence-electron chi connectivity index (χ4n) is 2.57. The molecule has 0 fully saturated rings. The van der Waals surface area contributed by atoms with Crippen LogP contribution in [0.25, 0.3) is 0 Å². The highest BCUT2D eigenvalue weighted by Gasteiger charge is 2.19. The van der Waals surface area contributed by atoms with E-state index in [0.29, 0.717) is 0 Å². The van der Waals surface area contributed by atoms with E-state index in [1.807, 2.05) is 4.90 Å². The minimum Gasteiger partial charge on any atom is -0.341 e.